The van der Waals surface area contributed by atoms with Gasteiger partial charge in [0.2, 0.25) is 0 Å². The fraction of sp³-hybridized carbons (Fsp3) is 0.300. The van der Waals surface area contributed by atoms with Crippen molar-refractivity contribution in [3.05, 3.63) is 71.3 Å². The average molecular weight is 394 g/mol. The summed E-state index contributed by atoms with van der Waals surface area (Å²) in [5, 5.41) is 5.43. The summed E-state index contributed by atoms with van der Waals surface area (Å²) in [7, 11) is 0. The van der Waals surface area contributed by atoms with Gasteiger partial charge in [-0.25, -0.2) is 9.59 Å². The molecule has 0 atom stereocenters. The summed E-state index contributed by atoms with van der Waals surface area (Å²) in [5.41, 5.74) is 0.236. The lowest BCUT2D eigenvalue weighted by molar-refractivity contribution is -0.137. The van der Waals surface area contributed by atoms with Crippen molar-refractivity contribution in [2.24, 2.45) is 0 Å². The number of ether oxygens (including phenoxy) is 1. The van der Waals surface area contributed by atoms with Crippen molar-refractivity contribution in [2.75, 3.05) is 13.2 Å². The summed E-state index contributed by atoms with van der Waals surface area (Å²) in [5.74, 6) is -0.678. The van der Waals surface area contributed by atoms with Crippen LogP contribution in [0.5, 0.6) is 0 Å². The van der Waals surface area contributed by atoms with Gasteiger partial charge in [0.15, 0.2) is 0 Å². The molecule has 8 heteroatoms. The second-order valence-corrected chi connectivity index (χ2v) is 6.01. The smallest absolute Gasteiger partial charge is 0.416 e. The molecular weight excluding hydrogens is 373 g/mol. The van der Waals surface area contributed by atoms with Crippen molar-refractivity contribution in [2.45, 2.75) is 25.6 Å². The topological polar surface area (TPSA) is 67.4 Å². The molecule has 0 radical (unpaired) electrons. The average Bonchev–Trinajstić information content (AvgIpc) is 2.69. The van der Waals surface area contributed by atoms with E-state index in [9.17, 15) is 22.8 Å². The minimum absolute atomic E-state index is 0.0615. The molecule has 0 spiro atoms. The first kappa shape index (κ1) is 21.3. The van der Waals surface area contributed by atoms with Crippen LogP contribution in [0, 0.1) is 0 Å². The van der Waals surface area contributed by atoms with Gasteiger partial charge in [0.25, 0.3) is 0 Å². The summed E-state index contributed by atoms with van der Waals surface area (Å²) in [4.78, 5) is 23.4. The number of amides is 2. The number of esters is 1. The first-order chi connectivity index (χ1) is 13.4. The zero-order chi connectivity index (χ0) is 20.4. The highest BCUT2D eigenvalue weighted by Crippen LogP contribution is 2.29. The van der Waals surface area contributed by atoms with E-state index in [0.29, 0.717) is 25.9 Å². The van der Waals surface area contributed by atoms with E-state index in [0.717, 1.165) is 29.8 Å². The maximum Gasteiger partial charge on any atom is 0.416 e. The van der Waals surface area contributed by atoms with Gasteiger partial charge < -0.3 is 15.4 Å². The molecule has 28 heavy (non-hydrogen) atoms. The third-order valence-electron chi connectivity index (χ3n) is 3.83. The Morgan fingerprint density at radius 3 is 2.21 bits per heavy atom. The summed E-state index contributed by atoms with van der Waals surface area (Å²) in [6, 6.07) is 13.1. The molecule has 150 valence electrons. The van der Waals surface area contributed by atoms with Crippen LogP contribution in [-0.4, -0.2) is 25.2 Å². The first-order valence-corrected chi connectivity index (χ1v) is 8.76. The summed E-state index contributed by atoms with van der Waals surface area (Å²) in [6.07, 6.45) is -3.33. The van der Waals surface area contributed by atoms with Gasteiger partial charge in [0, 0.05) is 13.1 Å². The van der Waals surface area contributed by atoms with Crippen molar-refractivity contribution in [3.8, 4) is 0 Å². The number of alkyl halides is 3. The Hall–Kier alpha value is -3.03. The Kier molecular flexibility index (Phi) is 7.86. The van der Waals surface area contributed by atoms with E-state index in [-0.39, 0.29) is 18.2 Å². The van der Waals surface area contributed by atoms with Gasteiger partial charge in [-0.1, -0.05) is 30.3 Å². The Bertz CT molecular complexity index is 763. The molecule has 2 aromatic carbocycles. The minimum atomic E-state index is -4.44. The quantitative estimate of drug-likeness (QED) is 0.522. The van der Waals surface area contributed by atoms with E-state index in [1.165, 1.54) is 0 Å². The van der Waals surface area contributed by atoms with E-state index in [1.807, 2.05) is 30.3 Å². The molecule has 5 nitrogen and oxygen atoms in total. The van der Waals surface area contributed by atoms with E-state index >= 15 is 0 Å². The lowest BCUT2D eigenvalue weighted by Gasteiger charge is -2.09. The molecule has 2 rings (SSSR count). The van der Waals surface area contributed by atoms with Crippen LogP contribution in [-0.2, 0) is 17.5 Å². The molecule has 0 saturated heterocycles. The number of rotatable bonds is 8. The monoisotopic (exact) mass is 394 g/mol. The highest BCUT2D eigenvalue weighted by atomic mass is 19.4. The van der Waals surface area contributed by atoms with Crippen molar-refractivity contribution < 1.29 is 27.5 Å². The van der Waals surface area contributed by atoms with Crippen LogP contribution in [0.15, 0.2) is 54.6 Å². The van der Waals surface area contributed by atoms with Gasteiger partial charge in [0.05, 0.1) is 17.7 Å². The zero-order valence-corrected chi connectivity index (χ0v) is 15.1. The maximum atomic E-state index is 12.5. The SMILES string of the molecule is O=C(NCCCCOC(=O)c1ccc(C(F)(F)F)cc1)NCc1ccccc1. The van der Waals surface area contributed by atoms with Crippen LogP contribution in [0.1, 0.15) is 34.3 Å². The molecule has 2 amide bonds. The summed E-state index contributed by atoms with van der Waals surface area (Å²) < 4.78 is 42.5. The van der Waals surface area contributed by atoms with Crippen LogP contribution >= 0.6 is 0 Å². The predicted molar refractivity (Wildman–Crippen MR) is 97.6 cm³/mol. The second-order valence-electron chi connectivity index (χ2n) is 6.01. The molecule has 2 aromatic rings. The number of unbranched alkanes of at least 4 members (excludes halogenated alkanes) is 1. The Labute approximate surface area is 160 Å². The number of urea groups is 1. The van der Waals surface area contributed by atoms with Crippen molar-refractivity contribution in [1.82, 2.24) is 10.6 Å². The van der Waals surface area contributed by atoms with Crippen LogP contribution < -0.4 is 10.6 Å². The number of nitrogens with one attached hydrogen (secondary N) is 2. The molecule has 0 aliphatic heterocycles. The minimum Gasteiger partial charge on any atom is -0.462 e. The molecule has 0 aliphatic carbocycles. The number of carbonyl (C=O) groups excluding carboxylic acids is 2. The second kappa shape index (κ2) is 10.3. The normalized spacial score (nSPS) is 11.0. The summed E-state index contributed by atoms with van der Waals surface area (Å²) in [6.45, 7) is 0.961. The summed E-state index contributed by atoms with van der Waals surface area (Å²) >= 11 is 0. The lowest BCUT2D eigenvalue weighted by atomic mass is 10.1. The van der Waals surface area contributed by atoms with Gasteiger partial charge in [-0.3, -0.25) is 0 Å². The van der Waals surface area contributed by atoms with Gasteiger partial charge in [-0.05, 0) is 42.7 Å². The van der Waals surface area contributed by atoms with Gasteiger partial charge >= 0.3 is 18.2 Å². The maximum absolute atomic E-state index is 12.5. The number of halogens is 3. The highest BCUT2D eigenvalue weighted by Gasteiger charge is 2.30. The molecule has 2 N–H and O–H groups in total. The molecule has 0 bridgehead atoms. The molecule has 0 unspecified atom stereocenters. The Morgan fingerprint density at radius 1 is 0.893 bits per heavy atom. The van der Waals surface area contributed by atoms with Crippen molar-refractivity contribution in [1.29, 1.82) is 0 Å². The van der Waals surface area contributed by atoms with Crippen molar-refractivity contribution in [3.63, 3.8) is 0 Å². The molecular formula is C20H21F3N2O3. The van der Waals surface area contributed by atoms with Gasteiger partial charge in [-0.15, -0.1) is 0 Å². The number of hydrogen-bond acceptors (Lipinski definition) is 3. The zero-order valence-electron chi connectivity index (χ0n) is 15.1. The largest absolute Gasteiger partial charge is 0.462 e. The van der Waals surface area contributed by atoms with Crippen LogP contribution in [0.25, 0.3) is 0 Å². The lowest BCUT2D eigenvalue weighted by Crippen LogP contribution is -2.35. The van der Waals surface area contributed by atoms with E-state index in [4.69, 9.17) is 4.74 Å². The molecule has 0 heterocycles. The standard InChI is InChI=1S/C20H21F3N2O3/c21-20(22,23)17-10-8-16(9-11-17)18(26)28-13-5-4-12-24-19(27)25-14-15-6-2-1-3-7-15/h1-3,6-11H,4-5,12-14H2,(H2,24,25,27). The molecule has 0 aromatic heterocycles. The fourth-order valence-corrected chi connectivity index (χ4v) is 2.31. The van der Waals surface area contributed by atoms with Crippen LogP contribution in [0.4, 0.5) is 18.0 Å². The third-order valence-corrected chi connectivity index (χ3v) is 3.83. The molecule has 0 fully saturated rings. The van der Waals surface area contributed by atoms with Crippen LogP contribution in [0.2, 0.25) is 0 Å². The Balaban J connectivity index is 1.57. The molecule has 0 aliphatic rings. The third kappa shape index (κ3) is 7.30. The van der Waals surface area contributed by atoms with Crippen LogP contribution in [0.3, 0.4) is 0 Å². The number of hydrogen-bond donors (Lipinski definition) is 2. The fourth-order valence-electron chi connectivity index (χ4n) is 2.31. The van der Waals surface area contributed by atoms with Gasteiger partial charge in [0.1, 0.15) is 0 Å². The van der Waals surface area contributed by atoms with Crippen molar-refractivity contribution >= 4 is 12.0 Å². The highest BCUT2D eigenvalue weighted by molar-refractivity contribution is 5.89. The first-order valence-electron chi connectivity index (χ1n) is 8.76. The van der Waals surface area contributed by atoms with E-state index in [2.05, 4.69) is 10.6 Å². The van der Waals surface area contributed by atoms with E-state index < -0.39 is 17.7 Å². The number of carbonyl (C=O) groups is 2. The number of benzene rings is 2. The Morgan fingerprint density at radius 2 is 1.57 bits per heavy atom. The molecule has 0 saturated carbocycles. The predicted octanol–water partition coefficient (Wildman–Crippen LogP) is 4.14. The van der Waals surface area contributed by atoms with Gasteiger partial charge in [-0.2, -0.15) is 13.2 Å². The van der Waals surface area contributed by atoms with E-state index in [1.54, 1.807) is 0 Å².